The number of hydrogen-bond acceptors (Lipinski definition) is 5. The minimum atomic E-state index is -3.53. The normalized spacial score (nSPS) is 17.4. The first-order chi connectivity index (χ1) is 11.4. The summed E-state index contributed by atoms with van der Waals surface area (Å²) in [6.07, 6.45) is 5.50. The van der Waals surface area contributed by atoms with Gasteiger partial charge in [0, 0.05) is 12.6 Å². The van der Waals surface area contributed by atoms with Crippen LogP contribution >= 0.6 is 0 Å². The van der Waals surface area contributed by atoms with Crippen molar-refractivity contribution in [2.75, 3.05) is 13.7 Å². The fourth-order valence-corrected chi connectivity index (χ4v) is 4.72. The molecule has 24 heavy (non-hydrogen) atoms. The van der Waals surface area contributed by atoms with Crippen molar-refractivity contribution in [2.45, 2.75) is 43.9 Å². The lowest BCUT2D eigenvalue weighted by Gasteiger charge is -2.29. The summed E-state index contributed by atoms with van der Waals surface area (Å²) in [6, 6.07) is 6.25. The summed E-state index contributed by atoms with van der Waals surface area (Å²) in [5.41, 5.74) is 6.68. The van der Waals surface area contributed by atoms with E-state index in [2.05, 4.69) is 9.46 Å². The molecule has 1 fully saturated rings. The van der Waals surface area contributed by atoms with E-state index in [1.807, 2.05) is 0 Å². The standard InChI is InChI=1S/C17H26N2O4S/c1-23-17(20)15-9-5-6-13(10-15)12-24(21,22)19-16(11-18)14-7-3-2-4-8-14/h5-6,9-10,14,16,19H,2-4,7-8,11-12,18H2,1H3. The highest BCUT2D eigenvalue weighted by molar-refractivity contribution is 7.88. The Labute approximate surface area is 143 Å². The van der Waals surface area contributed by atoms with Crippen LogP contribution in [0.25, 0.3) is 0 Å². The van der Waals surface area contributed by atoms with E-state index >= 15 is 0 Å². The van der Waals surface area contributed by atoms with Crippen LogP contribution in [0, 0.1) is 5.92 Å². The molecule has 0 spiro atoms. The molecule has 1 saturated carbocycles. The van der Waals surface area contributed by atoms with Crippen LogP contribution in [0.2, 0.25) is 0 Å². The molecule has 2 rings (SSSR count). The second-order valence-electron chi connectivity index (χ2n) is 6.31. The Balaban J connectivity index is 2.05. The average Bonchev–Trinajstić information content (AvgIpc) is 2.59. The number of carbonyl (C=O) groups is 1. The number of sulfonamides is 1. The summed E-state index contributed by atoms with van der Waals surface area (Å²) in [5.74, 6) is -0.356. The minimum absolute atomic E-state index is 0.180. The Kier molecular flexibility index (Phi) is 6.77. The highest BCUT2D eigenvalue weighted by Crippen LogP contribution is 2.26. The fourth-order valence-electron chi connectivity index (χ4n) is 3.27. The molecule has 0 radical (unpaired) electrons. The highest BCUT2D eigenvalue weighted by atomic mass is 32.2. The van der Waals surface area contributed by atoms with E-state index in [0.29, 0.717) is 23.6 Å². The summed E-state index contributed by atoms with van der Waals surface area (Å²) in [7, 11) is -2.23. The molecule has 1 aromatic rings. The SMILES string of the molecule is COC(=O)c1cccc(CS(=O)(=O)NC(CN)C2CCCCC2)c1. The number of nitrogens with one attached hydrogen (secondary N) is 1. The van der Waals surface area contributed by atoms with Gasteiger partial charge >= 0.3 is 5.97 Å². The molecule has 0 aromatic heterocycles. The zero-order valence-electron chi connectivity index (χ0n) is 14.0. The van der Waals surface area contributed by atoms with Gasteiger partial charge in [-0.25, -0.2) is 17.9 Å². The lowest BCUT2D eigenvalue weighted by molar-refractivity contribution is 0.0600. The van der Waals surface area contributed by atoms with Crippen molar-refractivity contribution in [3.05, 3.63) is 35.4 Å². The maximum atomic E-state index is 12.5. The lowest BCUT2D eigenvalue weighted by Crippen LogP contribution is -2.46. The number of nitrogens with two attached hydrogens (primary N) is 1. The number of hydrogen-bond donors (Lipinski definition) is 2. The lowest BCUT2D eigenvalue weighted by atomic mass is 9.84. The highest BCUT2D eigenvalue weighted by Gasteiger charge is 2.26. The number of methoxy groups -OCH3 is 1. The molecule has 0 aliphatic heterocycles. The van der Waals surface area contributed by atoms with Crippen LogP contribution < -0.4 is 10.5 Å². The van der Waals surface area contributed by atoms with Crippen LogP contribution in [0.1, 0.15) is 48.0 Å². The third-order valence-corrected chi connectivity index (χ3v) is 5.88. The predicted octanol–water partition coefficient (Wildman–Crippen LogP) is 1.80. The number of ether oxygens (including phenoxy) is 1. The van der Waals surface area contributed by atoms with Gasteiger partial charge in [0.25, 0.3) is 0 Å². The molecule has 6 nitrogen and oxygen atoms in total. The van der Waals surface area contributed by atoms with Crippen molar-refractivity contribution in [2.24, 2.45) is 11.7 Å². The Morgan fingerprint density at radius 3 is 2.67 bits per heavy atom. The van der Waals surface area contributed by atoms with Crippen molar-refractivity contribution in [3.8, 4) is 0 Å². The van der Waals surface area contributed by atoms with Crippen LogP contribution in [0.15, 0.2) is 24.3 Å². The first-order valence-corrected chi connectivity index (χ1v) is 9.97. The third-order valence-electron chi connectivity index (χ3n) is 4.51. The summed E-state index contributed by atoms with van der Waals surface area (Å²) < 4.78 is 32.4. The van der Waals surface area contributed by atoms with Gasteiger partial charge in [0.2, 0.25) is 10.0 Å². The first-order valence-electron chi connectivity index (χ1n) is 8.32. The van der Waals surface area contributed by atoms with E-state index in [1.165, 1.54) is 13.5 Å². The van der Waals surface area contributed by atoms with Gasteiger partial charge in [-0.15, -0.1) is 0 Å². The maximum absolute atomic E-state index is 12.5. The molecule has 1 atom stereocenters. The van der Waals surface area contributed by atoms with Crippen molar-refractivity contribution in [1.82, 2.24) is 4.72 Å². The van der Waals surface area contributed by atoms with Gasteiger partial charge in [-0.2, -0.15) is 0 Å². The predicted molar refractivity (Wildman–Crippen MR) is 93.0 cm³/mol. The van der Waals surface area contributed by atoms with Crippen LogP contribution in [0.4, 0.5) is 0 Å². The van der Waals surface area contributed by atoms with Gasteiger partial charge in [-0.3, -0.25) is 0 Å². The van der Waals surface area contributed by atoms with Crippen molar-refractivity contribution >= 4 is 16.0 Å². The fraction of sp³-hybridized carbons (Fsp3) is 0.588. The molecule has 7 heteroatoms. The largest absolute Gasteiger partial charge is 0.465 e. The van der Waals surface area contributed by atoms with E-state index in [9.17, 15) is 13.2 Å². The van der Waals surface area contributed by atoms with E-state index in [1.54, 1.807) is 24.3 Å². The van der Waals surface area contributed by atoms with Gasteiger partial charge in [0.1, 0.15) is 0 Å². The molecule has 1 aliphatic carbocycles. The van der Waals surface area contributed by atoms with Crippen LogP contribution in [-0.4, -0.2) is 34.1 Å². The number of rotatable bonds is 7. The third kappa shape index (κ3) is 5.29. The summed E-state index contributed by atoms with van der Waals surface area (Å²) in [6.45, 7) is 0.298. The molecule has 0 amide bonds. The first kappa shape index (κ1) is 18.9. The smallest absolute Gasteiger partial charge is 0.337 e. The van der Waals surface area contributed by atoms with Crippen molar-refractivity contribution in [3.63, 3.8) is 0 Å². The monoisotopic (exact) mass is 354 g/mol. The van der Waals surface area contributed by atoms with Gasteiger partial charge < -0.3 is 10.5 Å². The maximum Gasteiger partial charge on any atom is 0.337 e. The Hall–Kier alpha value is -1.44. The summed E-state index contributed by atoms with van der Waals surface area (Å²) in [5, 5.41) is 0. The molecule has 3 N–H and O–H groups in total. The molecule has 0 saturated heterocycles. The zero-order chi connectivity index (χ0) is 17.6. The zero-order valence-corrected chi connectivity index (χ0v) is 14.8. The molecule has 0 bridgehead atoms. The molecular weight excluding hydrogens is 328 g/mol. The average molecular weight is 354 g/mol. The minimum Gasteiger partial charge on any atom is -0.465 e. The second kappa shape index (κ2) is 8.60. The van der Waals surface area contributed by atoms with Gasteiger partial charge in [0.15, 0.2) is 0 Å². The number of benzene rings is 1. The van der Waals surface area contributed by atoms with E-state index in [-0.39, 0.29) is 11.8 Å². The number of carbonyl (C=O) groups excluding carboxylic acids is 1. The summed E-state index contributed by atoms with van der Waals surface area (Å²) in [4.78, 5) is 11.6. The Morgan fingerprint density at radius 1 is 1.33 bits per heavy atom. The van der Waals surface area contributed by atoms with Gasteiger partial charge in [0.05, 0.1) is 18.4 Å². The van der Waals surface area contributed by atoms with Crippen LogP contribution in [0.3, 0.4) is 0 Å². The van der Waals surface area contributed by atoms with Gasteiger partial charge in [-0.05, 0) is 36.5 Å². The second-order valence-corrected chi connectivity index (χ2v) is 8.06. The Bertz CT molecular complexity index is 654. The molecule has 0 heterocycles. The topological polar surface area (TPSA) is 98.5 Å². The quantitative estimate of drug-likeness (QED) is 0.728. The van der Waals surface area contributed by atoms with Crippen molar-refractivity contribution < 1.29 is 17.9 Å². The van der Waals surface area contributed by atoms with Crippen LogP contribution in [0.5, 0.6) is 0 Å². The molecule has 1 aromatic carbocycles. The van der Waals surface area contributed by atoms with Gasteiger partial charge in [-0.1, -0.05) is 31.4 Å². The van der Waals surface area contributed by atoms with Crippen LogP contribution in [-0.2, 0) is 20.5 Å². The summed E-state index contributed by atoms with van der Waals surface area (Å²) >= 11 is 0. The molecule has 1 aliphatic rings. The Morgan fingerprint density at radius 2 is 2.04 bits per heavy atom. The number of esters is 1. The molecule has 1 unspecified atom stereocenters. The molecule has 134 valence electrons. The van der Waals surface area contributed by atoms with E-state index < -0.39 is 16.0 Å². The van der Waals surface area contributed by atoms with E-state index in [4.69, 9.17) is 5.73 Å². The molecular formula is C17H26N2O4S. The van der Waals surface area contributed by atoms with E-state index in [0.717, 1.165) is 25.7 Å². The van der Waals surface area contributed by atoms with Crippen molar-refractivity contribution in [1.29, 1.82) is 0 Å².